The summed E-state index contributed by atoms with van der Waals surface area (Å²) in [6, 6.07) is 6.31. The van der Waals surface area contributed by atoms with Crippen molar-refractivity contribution in [2.45, 2.75) is 36.8 Å². The van der Waals surface area contributed by atoms with E-state index < -0.39 is 0 Å². The molecule has 0 aliphatic carbocycles. The van der Waals surface area contributed by atoms with Gasteiger partial charge < -0.3 is 4.90 Å². The van der Waals surface area contributed by atoms with Gasteiger partial charge in [0.1, 0.15) is 0 Å². The van der Waals surface area contributed by atoms with Crippen molar-refractivity contribution >= 4 is 34.1 Å². The van der Waals surface area contributed by atoms with Crippen LogP contribution in [0.25, 0.3) is 10.8 Å². The molecule has 1 aliphatic rings. The Morgan fingerprint density at radius 2 is 2.23 bits per heavy atom. The van der Waals surface area contributed by atoms with E-state index in [1.165, 1.54) is 42.8 Å². The third-order valence-electron chi connectivity index (χ3n) is 4.07. The second-order valence-electron chi connectivity index (χ2n) is 6.54. The minimum absolute atomic E-state index is 0.643. The van der Waals surface area contributed by atoms with Crippen molar-refractivity contribution in [3.8, 4) is 0 Å². The molecule has 0 bridgehead atoms. The summed E-state index contributed by atoms with van der Waals surface area (Å²) >= 11 is 8.42. The van der Waals surface area contributed by atoms with Crippen LogP contribution in [0.2, 0.25) is 5.02 Å². The van der Waals surface area contributed by atoms with Crippen LogP contribution in [0.15, 0.2) is 35.5 Å². The first-order chi connectivity index (χ1) is 10.6. The first kappa shape index (κ1) is 16.1. The van der Waals surface area contributed by atoms with Crippen LogP contribution in [0.5, 0.6) is 0 Å². The number of hydrogen-bond acceptors (Lipinski definition) is 3. The summed E-state index contributed by atoms with van der Waals surface area (Å²) in [7, 11) is 0. The van der Waals surface area contributed by atoms with Crippen LogP contribution in [0.4, 0.5) is 0 Å². The zero-order valence-electron chi connectivity index (χ0n) is 13.3. The van der Waals surface area contributed by atoms with Gasteiger partial charge in [-0.2, -0.15) is 0 Å². The molecule has 1 fully saturated rings. The largest absolute Gasteiger partial charge is 0.302 e. The van der Waals surface area contributed by atoms with Gasteiger partial charge in [0.05, 0.1) is 5.02 Å². The van der Waals surface area contributed by atoms with Crippen LogP contribution in [0.1, 0.15) is 26.7 Å². The third-order valence-corrected chi connectivity index (χ3v) is 5.81. The minimum atomic E-state index is 0.643. The first-order valence-electron chi connectivity index (χ1n) is 8.04. The van der Waals surface area contributed by atoms with E-state index in [0.29, 0.717) is 5.25 Å². The van der Waals surface area contributed by atoms with Crippen LogP contribution in [0.3, 0.4) is 0 Å². The summed E-state index contributed by atoms with van der Waals surface area (Å²) in [6.45, 7) is 8.21. The average molecular weight is 335 g/mol. The van der Waals surface area contributed by atoms with Gasteiger partial charge >= 0.3 is 0 Å². The fourth-order valence-electron chi connectivity index (χ4n) is 3.15. The summed E-state index contributed by atoms with van der Waals surface area (Å²) in [6.07, 6.45) is 6.29. The van der Waals surface area contributed by atoms with E-state index in [4.69, 9.17) is 11.6 Å². The molecule has 0 amide bonds. The molecule has 0 saturated carbocycles. The van der Waals surface area contributed by atoms with Crippen molar-refractivity contribution < 1.29 is 0 Å². The van der Waals surface area contributed by atoms with E-state index >= 15 is 0 Å². The van der Waals surface area contributed by atoms with E-state index in [1.807, 2.05) is 30.2 Å². The first-order valence-corrected chi connectivity index (χ1v) is 9.30. The molecule has 0 N–H and O–H groups in total. The number of rotatable bonds is 4. The molecule has 0 spiro atoms. The molecule has 1 atom stereocenters. The molecule has 4 heteroatoms. The number of thioether (sulfide) groups is 1. The molecule has 118 valence electrons. The number of fused-ring (bicyclic) bond motifs is 1. The Balaban J connectivity index is 1.73. The van der Waals surface area contributed by atoms with E-state index in [9.17, 15) is 0 Å². The van der Waals surface area contributed by atoms with Gasteiger partial charge in [-0.05, 0) is 48.9 Å². The second kappa shape index (κ2) is 7.20. The standard InChI is InChI=1S/C18H23ClN2S/c1-13(2)11-21-7-3-4-16(12-21)22-18-9-14-5-6-20-10-15(14)8-17(18)19/h5-6,8-10,13,16H,3-4,7,11-12H2,1-2H3. The van der Waals surface area contributed by atoms with E-state index in [1.54, 1.807) is 0 Å². The van der Waals surface area contributed by atoms with Gasteiger partial charge in [-0.1, -0.05) is 25.4 Å². The Bertz CT molecular complexity index is 644. The summed E-state index contributed by atoms with van der Waals surface area (Å²) in [4.78, 5) is 7.97. The lowest BCUT2D eigenvalue weighted by molar-refractivity contribution is 0.210. The zero-order chi connectivity index (χ0) is 15.5. The molecule has 1 saturated heterocycles. The number of hydrogen-bond donors (Lipinski definition) is 0. The predicted octanol–water partition coefficient (Wildman–Crippen LogP) is 5.10. The van der Waals surface area contributed by atoms with Gasteiger partial charge in [0.25, 0.3) is 0 Å². The quantitative estimate of drug-likeness (QED) is 0.773. The molecule has 1 aromatic heterocycles. The van der Waals surface area contributed by atoms with Crippen LogP contribution in [-0.2, 0) is 0 Å². The molecule has 22 heavy (non-hydrogen) atoms. The lowest BCUT2D eigenvalue weighted by atomic mass is 10.1. The highest BCUT2D eigenvalue weighted by molar-refractivity contribution is 8.00. The van der Waals surface area contributed by atoms with Crippen molar-refractivity contribution in [3.63, 3.8) is 0 Å². The van der Waals surface area contributed by atoms with E-state index in [0.717, 1.165) is 16.3 Å². The topological polar surface area (TPSA) is 16.1 Å². The van der Waals surface area contributed by atoms with E-state index in [-0.39, 0.29) is 0 Å². The lowest BCUT2D eigenvalue weighted by Crippen LogP contribution is -2.38. The van der Waals surface area contributed by atoms with Crippen LogP contribution in [-0.4, -0.2) is 34.8 Å². The van der Waals surface area contributed by atoms with Crippen molar-refractivity contribution in [2.24, 2.45) is 5.92 Å². The number of aromatic nitrogens is 1. The Hall–Kier alpha value is -0.770. The summed E-state index contributed by atoms with van der Waals surface area (Å²) in [5, 5.41) is 3.83. The van der Waals surface area contributed by atoms with Gasteiger partial charge in [0.2, 0.25) is 0 Å². The molecule has 2 heterocycles. The molecule has 1 aromatic carbocycles. The van der Waals surface area contributed by atoms with Gasteiger partial charge in [-0.25, -0.2) is 0 Å². The SMILES string of the molecule is CC(C)CN1CCCC(Sc2cc3ccncc3cc2Cl)C1. The monoisotopic (exact) mass is 334 g/mol. The number of halogens is 1. The van der Waals surface area contributed by atoms with Crippen molar-refractivity contribution in [2.75, 3.05) is 19.6 Å². The van der Waals surface area contributed by atoms with Crippen LogP contribution in [0, 0.1) is 5.92 Å². The molecular weight excluding hydrogens is 312 g/mol. The fraction of sp³-hybridized carbons (Fsp3) is 0.500. The Labute approximate surface area is 142 Å². The van der Waals surface area contributed by atoms with E-state index in [2.05, 4.69) is 35.9 Å². The number of pyridine rings is 1. The zero-order valence-corrected chi connectivity index (χ0v) is 14.8. The highest BCUT2D eigenvalue weighted by Crippen LogP contribution is 2.36. The molecule has 3 rings (SSSR count). The third kappa shape index (κ3) is 3.95. The molecule has 2 nitrogen and oxygen atoms in total. The molecule has 0 radical (unpaired) electrons. The number of nitrogens with zero attached hydrogens (tertiary/aromatic N) is 2. The minimum Gasteiger partial charge on any atom is -0.302 e. The highest BCUT2D eigenvalue weighted by Gasteiger charge is 2.22. The van der Waals surface area contributed by atoms with Gasteiger partial charge in [0.15, 0.2) is 0 Å². The smallest absolute Gasteiger partial charge is 0.0548 e. The summed E-state index contributed by atoms with van der Waals surface area (Å²) in [5.74, 6) is 0.737. The maximum atomic E-state index is 6.48. The van der Waals surface area contributed by atoms with Gasteiger partial charge in [0, 0.05) is 41.0 Å². The van der Waals surface area contributed by atoms with Crippen LogP contribution >= 0.6 is 23.4 Å². The molecule has 1 unspecified atom stereocenters. The maximum Gasteiger partial charge on any atom is 0.0548 e. The molecule has 1 aliphatic heterocycles. The molecule has 2 aromatic rings. The Morgan fingerprint density at radius 1 is 1.36 bits per heavy atom. The number of piperidine rings is 1. The van der Waals surface area contributed by atoms with Crippen molar-refractivity contribution in [1.29, 1.82) is 0 Å². The molecular formula is C18H23ClN2S. The normalized spacial score (nSPS) is 19.9. The Kier molecular flexibility index (Phi) is 5.27. The fourth-order valence-corrected chi connectivity index (χ4v) is 4.75. The lowest BCUT2D eigenvalue weighted by Gasteiger charge is -2.33. The van der Waals surface area contributed by atoms with Gasteiger partial charge in [-0.15, -0.1) is 11.8 Å². The number of benzene rings is 1. The Morgan fingerprint density at radius 3 is 3.05 bits per heavy atom. The van der Waals surface area contributed by atoms with Crippen LogP contribution < -0.4 is 0 Å². The predicted molar refractivity (Wildman–Crippen MR) is 96.9 cm³/mol. The van der Waals surface area contributed by atoms with Crippen molar-refractivity contribution in [1.82, 2.24) is 9.88 Å². The maximum absolute atomic E-state index is 6.48. The summed E-state index contributed by atoms with van der Waals surface area (Å²) in [5.41, 5.74) is 0. The summed E-state index contributed by atoms with van der Waals surface area (Å²) < 4.78 is 0. The van der Waals surface area contributed by atoms with Gasteiger partial charge in [-0.3, -0.25) is 4.98 Å². The number of likely N-dealkylation sites (tertiary alicyclic amines) is 1. The average Bonchev–Trinajstić information content (AvgIpc) is 2.48. The second-order valence-corrected chi connectivity index (χ2v) is 8.29. The van der Waals surface area contributed by atoms with Crippen molar-refractivity contribution in [3.05, 3.63) is 35.6 Å². The highest BCUT2D eigenvalue weighted by atomic mass is 35.5.